The third-order valence-electron chi connectivity index (χ3n) is 5.66. The SMILES string of the molecule is CCCN1CCC(N2CC3(CN(CC)C3)C2)C[C@H]1C. The molecule has 0 aromatic carbocycles. The van der Waals surface area contributed by atoms with E-state index in [1.807, 2.05) is 0 Å². The first-order valence-corrected chi connectivity index (χ1v) is 8.36. The molecule has 3 aliphatic heterocycles. The van der Waals surface area contributed by atoms with Crippen molar-refractivity contribution in [2.75, 3.05) is 45.8 Å². The second-order valence-electron chi connectivity index (χ2n) is 7.27. The van der Waals surface area contributed by atoms with Crippen LogP contribution in [-0.4, -0.2) is 72.6 Å². The van der Waals surface area contributed by atoms with Crippen LogP contribution < -0.4 is 0 Å². The van der Waals surface area contributed by atoms with Crippen molar-refractivity contribution in [3.05, 3.63) is 0 Å². The highest BCUT2D eigenvalue weighted by Gasteiger charge is 2.52. The fourth-order valence-corrected chi connectivity index (χ4v) is 4.55. The largest absolute Gasteiger partial charge is 0.302 e. The summed E-state index contributed by atoms with van der Waals surface area (Å²) in [5.41, 5.74) is 0.708. The van der Waals surface area contributed by atoms with Gasteiger partial charge in [0, 0.05) is 43.7 Å². The molecule has 3 rings (SSSR count). The Bertz CT molecular complexity index is 303. The molecule has 0 aliphatic carbocycles. The zero-order valence-electron chi connectivity index (χ0n) is 13.1. The fourth-order valence-electron chi connectivity index (χ4n) is 4.55. The molecular formula is C16H31N3. The van der Waals surface area contributed by atoms with Crippen LogP contribution in [0.25, 0.3) is 0 Å². The van der Waals surface area contributed by atoms with Gasteiger partial charge >= 0.3 is 0 Å². The standard InChI is InChI=1S/C16H31N3/c1-4-7-18-8-6-15(9-14(18)3)19-12-16(13-19)10-17(5-2)11-16/h14-15H,4-13H2,1-3H3/t14-,15?/m1/s1. The van der Waals surface area contributed by atoms with Crippen molar-refractivity contribution in [3.63, 3.8) is 0 Å². The van der Waals surface area contributed by atoms with E-state index in [2.05, 4.69) is 35.5 Å². The summed E-state index contributed by atoms with van der Waals surface area (Å²) in [5.74, 6) is 0. The van der Waals surface area contributed by atoms with Crippen LogP contribution in [0.5, 0.6) is 0 Å². The van der Waals surface area contributed by atoms with Gasteiger partial charge < -0.3 is 9.80 Å². The monoisotopic (exact) mass is 265 g/mol. The molecule has 2 atom stereocenters. The van der Waals surface area contributed by atoms with E-state index in [4.69, 9.17) is 0 Å². The highest BCUT2D eigenvalue weighted by molar-refractivity contribution is 5.07. The molecule has 0 aromatic rings. The third-order valence-corrected chi connectivity index (χ3v) is 5.66. The summed E-state index contributed by atoms with van der Waals surface area (Å²) in [6.45, 7) is 16.4. The lowest BCUT2D eigenvalue weighted by Crippen LogP contribution is -2.73. The van der Waals surface area contributed by atoms with Crippen LogP contribution in [-0.2, 0) is 0 Å². The molecule has 110 valence electrons. The van der Waals surface area contributed by atoms with Gasteiger partial charge in [0.05, 0.1) is 0 Å². The predicted octanol–water partition coefficient (Wildman–Crippen LogP) is 1.89. The first-order chi connectivity index (χ1) is 9.15. The molecule has 3 heteroatoms. The average molecular weight is 265 g/mol. The van der Waals surface area contributed by atoms with Crippen molar-refractivity contribution in [1.82, 2.24) is 14.7 Å². The minimum atomic E-state index is 0.708. The van der Waals surface area contributed by atoms with Gasteiger partial charge in [-0.05, 0) is 45.8 Å². The molecule has 0 bridgehead atoms. The van der Waals surface area contributed by atoms with Crippen molar-refractivity contribution in [1.29, 1.82) is 0 Å². The van der Waals surface area contributed by atoms with Crippen LogP contribution in [0.15, 0.2) is 0 Å². The van der Waals surface area contributed by atoms with Crippen molar-refractivity contribution in [2.24, 2.45) is 5.41 Å². The molecule has 0 N–H and O–H groups in total. The Labute approximate surface area is 118 Å². The minimum Gasteiger partial charge on any atom is -0.302 e. The van der Waals surface area contributed by atoms with Gasteiger partial charge in [0.1, 0.15) is 0 Å². The molecule has 1 unspecified atom stereocenters. The highest BCUT2D eigenvalue weighted by atomic mass is 15.3. The first kappa shape index (κ1) is 13.8. The summed E-state index contributed by atoms with van der Waals surface area (Å²) >= 11 is 0. The lowest BCUT2D eigenvalue weighted by atomic mass is 9.71. The summed E-state index contributed by atoms with van der Waals surface area (Å²) in [6, 6.07) is 1.67. The van der Waals surface area contributed by atoms with E-state index in [9.17, 15) is 0 Å². The molecule has 3 nitrogen and oxygen atoms in total. The lowest BCUT2D eigenvalue weighted by molar-refractivity contribution is -0.136. The Hall–Kier alpha value is -0.120. The molecule has 1 spiro atoms. The summed E-state index contributed by atoms with van der Waals surface area (Å²) < 4.78 is 0. The average Bonchev–Trinajstić information content (AvgIpc) is 2.29. The van der Waals surface area contributed by atoms with Crippen molar-refractivity contribution in [2.45, 2.75) is 52.1 Å². The van der Waals surface area contributed by atoms with Crippen LogP contribution in [0.1, 0.15) is 40.0 Å². The normalized spacial score (nSPS) is 36.2. The van der Waals surface area contributed by atoms with Gasteiger partial charge in [-0.15, -0.1) is 0 Å². The topological polar surface area (TPSA) is 9.72 Å². The molecular weight excluding hydrogens is 234 g/mol. The Morgan fingerprint density at radius 1 is 1.11 bits per heavy atom. The molecule has 0 aromatic heterocycles. The van der Waals surface area contributed by atoms with Gasteiger partial charge in [-0.2, -0.15) is 0 Å². The third kappa shape index (κ3) is 2.57. The second kappa shape index (κ2) is 5.34. The number of hydrogen-bond acceptors (Lipinski definition) is 3. The predicted molar refractivity (Wildman–Crippen MR) is 80.5 cm³/mol. The van der Waals surface area contributed by atoms with E-state index < -0.39 is 0 Å². The molecule has 0 saturated carbocycles. The van der Waals surface area contributed by atoms with Crippen LogP contribution in [0.2, 0.25) is 0 Å². The molecule has 0 radical (unpaired) electrons. The van der Waals surface area contributed by atoms with Crippen LogP contribution in [0, 0.1) is 5.41 Å². The smallest absolute Gasteiger partial charge is 0.0212 e. The van der Waals surface area contributed by atoms with Gasteiger partial charge in [-0.3, -0.25) is 4.90 Å². The van der Waals surface area contributed by atoms with Gasteiger partial charge in [-0.1, -0.05) is 13.8 Å². The van der Waals surface area contributed by atoms with Crippen molar-refractivity contribution in [3.8, 4) is 0 Å². The summed E-state index contributed by atoms with van der Waals surface area (Å²) in [5, 5.41) is 0. The minimum absolute atomic E-state index is 0.708. The zero-order valence-corrected chi connectivity index (χ0v) is 13.1. The molecule has 0 amide bonds. The molecule has 19 heavy (non-hydrogen) atoms. The maximum absolute atomic E-state index is 2.78. The number of rotatable bonds is 4. The fraction of sp³-hybridized carbons (Fsp3) is 1.00. The van der Waals surface area contributed by atoms with Crippen LogP contribution in [0.4, 0.5) is 0 Å². The molecule has 3 aliphatic rings. The Morgan fingerprint density at radius 3 is 2.42 bits per heavy atom. The van der Waals surface area contributed by atoms with Gasteiger partial charge in [0.15, 0.2) is 0 Å². The van der Waals surface area contributed by atoms with Gasteiger partial charge in [-0.25, -0.2) is 0 Å². The van der Waals surface area contributed by atoms with E-state index in [1.54, 1.807) is 0 Å². The van der Waals surface area contributed by atoms with E-state index in [1.165, 1.54) is 65.1 Å². The van der Waals surface area contributed by atoms with Crippen molar-refractivity contribution < 1.29 is 0 Å². The summed E-state index contributed by atoms with van der Waals surface area (Å²) in [6.07, 6.45) is 4.10. The van der Waals surface area contributed by atoms with Crippen LogP contribution in [0.3, 0.4) is 0 Å². The zero-order chi connectivity index (χ0) is 13.5. The maximum atomic E-state index is 2.78. The van der Waals surface area contributed by atoms with Gasteiger partial charge in [0.25, 0.3) is 0 Å². The molecule has 3 saturated heterocycles. The molecule has 3 heterocycles. The maximum Gasteiger partial charge on any atom is 0.0212 e. The number of hydrogen-bond donors (Lipinski definition) is 0. The number of piperidine rings is 1. The first-order valence-electron chi connectivity index (χ1n) is 8.36. The van der Waals surface area contributed by atoms with Crippen LogP contribution >= 0.6 is 0 Å². The molecule has 3 fully saturated rings. The Morgan fingerprint density at radius 2 is 1.84 bits per heavy atom. The number of nitrogens with zero attached hydrogens (tertiary/aromatic N) is 3. The van der Waals surface area contributed by atoms with E-state index in [0.29, 0.717) is 5.41 Å². The summed E-state index contributed by atoms with van der Waals surface area (Å²) in [7, 11) is 0. The lowest BCUT2D eigenvalue weighted by Gasteiger charge is -2.63. The second-order valence-corrected chi connectivity index (χ2v) is 7.27. The quantitative estimate of drug-likeness (QED) is 0.768. The van der Waals surface area contributed by atoms with E-state index in [0.717, 1.165) is 12.1 Å². The van der Waals surface area contributed by atoms with E-state index >= 15 is 0 Å². The highest BCUT2D eigenvalue weighted by Crippen LogP contribution is 2.42. The van der Waals surface area contributed by atoms with E-state index in [-0.39, 0.29) is 0 Å². The number of likely N-dealkylation sites (tertiary alicyclic amines) is 3. The Balaban J connectivity index is 1.43. The van der Waals surface area contributed by atoms with Crippen molar-refractivity contribution >= 4 is 0 Å². The Kier molecular flexibility index (Phi) is 3.89. The summed E-state index contributed by atoms with van der Waals surface area (Å²) in [4.78, 5) is 8.06. The van der Waals surface area contributed by atoms with Gasteiger partial charge in [0.2, 0.25) is 0 Å².